The maximum atomic E-state index is 13.0. The first kappa shape index (κ1) is 23.4. The van der Waals surface area contributed by atoms with Crippen LogP contribution in [-0.4, -0.2) is 65.7 Å². The van der Waals surface area contributed by atoms with Crippen LogP contribution in [0.15, 0.2) is 18.2 Å². The SMILES string of the molecule is O=C1CCC(N2C(=O)c3cccc(OCCCCCCCN4CCCCC4)c3C2=O)C(=O)N1. The van der Waals surface area contributed by atoms with Crippen molar-refractivity contribution in [2.24, 2.45) is 0 Å². The normalized spacial score (nSPS) is 21.3. The molecule has 1 aromatic carbocycles. The van der Waals surface area contributed by atoms with Crippen molar-refractivity contribution in [3.63, 3.8) is 0 Å². The fourth-order valence-electron chi connectivity index (χ4n) is 4.94. The summed E-state index contributed by atoms with van der Waals surface area (Å²) in [6.07, 6.45) is 9.83. The zero-order valence-electron chi connectivity index (χ0n) is 19.1. The highest BCUT2D eigenvalue weighted by Gasteiger charge is 2.45. The van der Waals surface area contributed by atoms with Gasteiger partial charge in [-0.25, -0.2) is 0 Å². The highest BCUT2D eigenvalue weighted by Crippen LogP contribution is 2.33. The van der Waals surface area contributed by atoms with Crippen molar-refractivity contribution >= 4 is 23.6 Å². The average molecular weight is 456 g/mol. The Hall–Kier alpha value is -2.74. The minimum atomic E-state index is -0.965. The molecule has 3 aliphatic heterocycles. The Morgan fingerprint density at radius 1 is 0.909 bits per heavy atom. The van der Waals surface area contributed by atoms with Crippen LogP contribution in [0.2, 0.25) is 0 Å². The molecule has 178 valence electrons. The Balaban J connectivity index is 1.24. The molecule has 1 aromatic rings. The second-order valence-electron chi connectivity index (χ2n) is 9.14. The monoisotopic (exact) mass is 455 g/mol. The number of unbranched alkanes of at least 4 members (excludes halogenated alkanes) is 4. The number of carbonyl (C=O) groups is 4. The summed E-state index contributed by atoms with van der Waals surface area (Å²) in [4.78, 5) is 53.1. The molecule has 0 saturated carbocycles. The van der Waals surface area contributed by atoms with Gasteiger partial charge in [-0.05, 0) is 63.9 Å². The number of imide groups is 2. The molecule has 4 amide bonds. The molecule has 4 rings (SSSR count). The van der Waals surface area contributed by atoms with Crippen molar-refractivity contribution in [3.05, 3.63) is 29.3 Å². The number of amides is 4. The van der Waals surface area contributed by atoms with E-state index in [-0.39, 0.29) is 29.9 Å². The van der Waals surface area contributed by atoms with Gasteiger partial charge in [-0.1, -0.05) is 31.7 Å². The summed E-state index contributed by atoms with van der Waals surface area (Å²) in [5.74, 6) is -1.65. The third kappa shape index (κ3) is 5.43. The molecule has 33 heavy (non-hydrogen) atoms. The third-order valence-electron chi connectivity index (χ3n) is 6.75. The van der Waals surface area contributed by atoms with Crippen LogP contribution in [0.5, 0.6) is 5.75 Å². The van der Waals surface area contributed by atoms with Crippen LogP contribution in [0.4, 0.5) is 0 Å². The molecule has 0 aliphatic carbocycles. The van der Waals surface area contributed by atoms with Gasteiger partial charge in [-0.3, -0.25) is 29.4 Å². The molecule has 8 heteroatoms. The van der Waals surface area contributed by atoms with E-state index in [4.69, 9.17) is 4.74 Å². The maximum absolute atomic E-state index is 13.0. The summed E-state index contributed by atoms with van der Waals surface area (Å²) >= 11 is 0. The number of piperidine rings is 2. The van der Waals surface area contributed by atoms with Crippen LogP contribution in [-0.2, 0) is 9.59 Å². The molecular weight excluding hydrogens is 422 g/mol. The van der Waals surface area contributed by atoms with E-state index in [1.165, 1.54) is 51.7 Å². The number of hydrogen-bond donors (Lipinski definition) is 1. The minimum absolute atomic E-state index is 0.102. The molecule has 0 bridgehead atoms. The van der Waals surface area contributed by atoms with E-state index in [0.717, 1.165) is 24.2 Å². The summed E-state index contributed by atoms with van der Waals surface area (Å²) in [6.45, 7) is 4.17. The number of benzene rings is 1. The van der Waals surface area contributed by atoms with Gasteiger partial charge in [0.1, 0.15) is 11.8 Å². The fraction of sp³-hybridized carbons (Fsp3) is 0.600. The highest BCUT2D eigenvalue weighted by molar-refractivity contribution is 6.24. The smallest absolute Gasteiger partial charge is 0.266 e. The summed E-state index contributed by atoms with van der Waals surface area (Å²) in [7, 11) is 0. The second kappa shape index (κ2) is 10.9. The van der Waals surface area contributed by atoms with Crippen LogP contribution in [0, 0.1) is 0 Å². The molecule has 1 atom stereocenters. The predicted molar refractivity (Wildman–Crippen MR) is 122 cm³/mol. The van der Waals surface area contributed by atoms with Crippen LogP contribution < -0.4 is 10.1 Å². The molecule has 3 aliphatic rings. The van der Waals surface area contributed by atoms with Gasteiger partial charge in [-0.15, -0.1) is 0 Å². The molecule has 0 spiro atoms. The number of nitrogens with zero attached hydrogens (tertiary/aromatic N) is 2. The number of nitrogens with one attached hydrogen (secondary N) is 1. The summed E-state index contributed by atoms with van der Waals surface area (Å²) in [5.41, 5.74) is 0.466. The van der Waals surface area contributed by atoms with E-state index in [0.29, 0.717) is 12.4 Å². The molecule has 1 N–H and O–H groups in total. The largest absolute Gasteiger partial charge is 0.493 e. The molecule has 8 nitrogen and oxygen atoms in total. The van der Waals surface area contributed by atoms with Crippen molar-refractivity contribution in [2.75, 3.05) is 26.2 Å². The number of carbonyl (C=O) groups excluding carboxylic acids is 4. The predicted octanol–water partition coefficient (Wildman–Crippen LogP) is 2.90. The van der Waals surface area contributed by atoms with Gasteiger partial charge < -0.3 is 9.64 Å². The number of fused-ring (bicyclic) bond motifs is 1. The molecule has 2 saturated heterocycles. The molecular formula is C25H33N3O5. The average Bonchev–Trinajstić information content (AvgIpc) is 3.07. The lowest BCUT2D eigenvalue weighted by molar-refractivity contribution is -0.136. The Morgan fingerprint density at radius 2 is 1.67 bits per heavy atom. The van der Waals surface area contributed by atoms with E-state index in [1.54, 1.807) is 18.2 Å². The minimum Gasteiger partial charge on any atom is -0.493 e. The molecule has 3 heterocycles. The van der Waals surface area contributed by atoms with Crippen LogP contribution in [0.3, 0.4) is 0 Å². The maximum Gasteiger partial charge on any atom is 0.266 e. The number of hydrogen-bond acceptors (Lipinski definition) is 6. The second-order valence-corrected chi connectivity index (χ2v) is 9.14. The van der Waals surface area contributed by atoms with Gasteiger partial charge in [0.05, 0.1) is 17.7 Å². The van der Waals surface area contributed by atoms with Crippen molar-refractivity contribution in [3.8, 4) is 5.75 Å². The molecule has 1 unspecified atom stereocenters. The van der Waals surface area contributed by atoms with Gasteiger partial charge in [-0.2, -0.15) is 0 Å². The van der Waals surface area contributed by atoms with E-state index in [9.17, 15) is 19.2 Å². The molecule has 2 fully saturated rings. The number of likely N-dealkylation sites (tertiary alicyclic amines) is 1. The first-order chi connectivity index (χ1) is 16.1. The third-order valence-corrected chi connectivity index (χ3v) is 6.75. The lowest BCUT2D eigenvalue weighted by Crippen LogP contribution is -2.54. The standard InChI is InChI=1S/C25H33N3O5/c29-21-13-12-19(23(30)26-21)28-24(31)18-10-9-11-20(22(18)25(28)32)33-17-8-3-1-2-5-14-27-15-6-4-7-16-27/h9-11,19H,1-8,12-17H2,(H,26,29,30). The fourth-order valence-corrected chi connectivity index (χ4v) is 4.94. The van der Waals surface area contributed by atoms with Crippen molar-refractivity contribution in [1.29, 1.82) is 0 Å². The summed E-state index contributed by atoms with van der Waals surface area (Å²) in [5, 5.41) is 2.21. The van der Waals surface area contributed by atoms with Gasteiger partial charge in [0.25, 0.3) is 11.8 Å². The first-order valence-corrected chi connectivity index (χ1v) is 12.3. The molecule has 0 radical (unpaired) electrons. The highest BCUT2D eigenvalue weighted by atomic mass is 16.5. The van der Waals surface area contributed by atoms with Crippen molar-refractivity contribution in [1.82, 2.24) is 15.1 Å². The van der Waals surface area contributed by atoms with Gasteiger partial charge in [0.15, 0.2) is 0 Å². The Labute approximate surface area is 194 Å². The van der Waals surface area contributed by atoms with E-state index >= 15 is 0 Å². The zero-order chi connectivity index (χ0) is 23.2. The van der Waals surface area contributed by atoms with Gasteiger partial charge >= 0.3 is 0 Å². The zero-order valence-corrected chi connectivity index (χ0v) is 19.1. The van der Waals surface area contributed by atoms with Gasteiger partial charge in [0, 0.05) is 6.42 Å². The number of ether oxygens (including phenoxy) is 1. The topological polar surface area (TPSA) is 96.0 Å². The van der Waals surface area contributed by atoms with E-state index in [2.05, 4.69) is 10.2 Å². The van der Waals surface area contributed by atoms with Gasteiger partial charge in [0.2, 0.25) is 11.8 Å². The van der Waals surface area contributed by atoms with E-state index in [1.807, 2.05) is 0 Å². The number of rotatable bonds is 10. The Kier molecular flexibility index (Phi) is 7.75. The lowest BCUT2D eigenvalue weighted by Gasteiger charge is -2.27. The molecule has 0 aromatic heterocycles. The quantitative estimate of drug-likeness (QED) is 0.431. The summed E-state index contributed by atoms with van der Waals surface area (Å²) < 4.78 is 5.89. The summed E-state index contributed by atoms with van der Waals surface area (Å²) in [6, 6.07) is 3.99. The van der Waals surface area contributed by atoms with Crippen molar-refractivity contribution in [2.45, 2.75) is 70.3 Å². The lowest BCUT2D eigenvalue weighted by atomic mass is 10.0. The van der Waals surface area contributed by atoms with Crippen LogP contribution in [0.1, 0.15) is 84.9 Å². The van der Waals surface area contributed by atoms with Crippen LogP contribution in [0.25, 0.3) is 0 Å². The van der Waals surface area contributed by atoms with Crippen LogP contribution >= 0.6 is 0 Å². The van der Waals surface area contributed by atoms with Crippen molar-refractivity contribution < 1.29 is 23.9 Å². The Bertz CT molecular complexity index is 909. The first-order valence-electron chi connectivity index (χ1n) is 12.3. The Morgan fingerprint density at radius 3 is 2.45 bits per heavy atom. The van der Waals surface area contributed by atoms with E-state index < -0.39 is 23.8 Å².